The Bertz CT molecular complexity index is 1290. The second kappa shape index (κ2) is 14.9. The summed E-state index contributed by atoms with van der Waals surface area (Å²) in [5, 5.41) is 10.2. The zero-order valence-corrected chi connectivity index (χ0v) is 28.0. The summed E-state index contributed by atoms with van der Waals surface area (Å²) in [7, 11) is 1.69. The lowest BCUT2D eigenvalue weighted by molar-refractivity contribution is -0.165. The minimum Gasteiger partial charge on any atom is -0.455 e. The number of hydrogen-bond acceptors (Lipinski definition) is 7. The number of ether oxygens (including phenoxy) is 2. The van der Waals surface area contributed by atoms with Crippen molar-refractivity contribution in [1.82, 2.24) is 14.7 Å². The van der Waals surface area contributed by atoms with Gasteiger partial charge in [0.15, 0.2) is 0 Å². The molecule has 3 aliphatic heterocycles. The molecule has 2 bridgehead atoms. The molecule has 1 unspecified atom stereocenters. The van der Waals surface area contributed by atoms with Crippen molar-refractivity contribution >= 4 is 23.7 Å². The molecule has 10 heteroatoms. The van der Waals surface area contributed by atoms with E-state index < -0.39 is 53.7 Å². The first-order valence-corrected chi connectivity index (χ1v) is 16.6. The lowest BCUT2D eigenvalue weighted by Crippen LogP contribution is -2.59. The summed E-state index contributed by atoms with van der Waals surface area (Å²) in [5.41, 5.74) is -0.500. The maximum Gasteiger partial charge on any atom is 0.313 e. The molecule has 3 heterocycles. The number of likely N-dealkylation sites (tertiary alicyclic amines) is 1. The maximum atomic E-state index is 14.5. The van der Waals surface area contributed by atoms with E-state index in [1.54, 1.807) is 35.9 Å². The Morgan fingerprint density at radius 2 is 1.87 bits per heavy atom. The Hall–Kier alpha value is -3.50. The molecule has 1 aromatic carbocycles. The zero-order chi connectivity index (χ0) is 33.8. The number of nitrogens with zero attached hydrogens (tertiary/aromatic N) is 3. The van der Waals surface area contributed by atoms with Gasteiger partial charge in [-0.3, -0.25) is 19.2 Å². The van der Waals surface area contributed by atoms with E-state index in [-0.39, 0.29) is 36.8 Å². The van der Waals surface area contributed by atoms with Gasteiger partial charge >= 0.3 is 5.97 Å². The summed E-state index contributed by atoms with van der Waals surface area (Å²) >= 11 is 0. The Labute approximate surface area is 273 Å². The van der Waals surface area contributed by atoms with Crippen LogP contribution in [0.3, 0.4) is 0 Å². The predicted octanol–water partition coefficient (Wildman–Crippen LogP) is 4.04. The number of fused-ring (bicyclic) bond motifs is 1. The van der Waals surface area contributed by atoms with Crippen LogP contribution >= 0.6 is 0 Å². The van der Waals surface area contributed by atoms with Crippen molar-refractivity contribution in [2.45, 2.75) is 108 Å². The highest BCUT2D eigenvalue weighted by atomic mass is 16.6. The molecular weight excluding hydrogens is 586 g/mol. The van der Waals surface area contributed by atoms with Gasteiger partial charge in [-0.1, -0.05) is 55.8 Å². The van der Waals surface area contributed by atoms with Crippen LogP contribution in [-0.4, -0.2) is 99.6 Å². The normalized spacial score (nSPS) is 27.3. The van der Waals surface area contributed by atoms with Gasteiger partial charge in [0.2, 0.25) is 17.7 Å². The number of amides is 3. The minimum atomic E-state index is -1.22. The number of likely N-dealkylation sites (N-methyl/N-ethyl adjacent to an activating group) is 1. The summed E-state index contributed by atoms with van der Waals surface area (Å²) in [5.74, 6) is -3.21. The molecule has 0 aliphatic carbocycles. The fourth-order valence-electron chi connectivity index (χ4n) is 7.68. The summed E-state index contributed by atoms with van der Waals surface area (Å²) in [6.45, 7) is 15.1. The van der Waals surface area contributed by atoms with Gasteiger partial charge in [0.05, 0.1) is 36.6 Å². The van der Waals surface area contributed by atoms with Gasteiger partial charge in [0.1, 0.15) is 17.7 Å². The highest BCUT2D eigenvalue weighted by Gasteiger charge is 2.75. The van der Waals surface area contributed by atoms with Crippen LogP contribution < -0.4 is 0 Å². The number of carbonyl (C=O) groups is 4. The molecule has 0 radical (unpaired) electrons. The molecule has 1 spiro atoms. The van der Waals surface area contributed by atoms with Crippen LogP contribution in [0.25, 0.3) is 0 Å². The van der Waals surface area contributed by atoms with E-state index in [4.69, 9.17) is 9.47 Å². The molecule has 3 saturated heterocycles. The number of aliphatic hydroxyl groups is 1. The van der Waals surface area contributed by atoms with Crippen LogP contribution in [0.4, 0.5) is 0 Å². The van der Waals surface area contributed by atoms with Crippen LogP contribution in [-0.2, 0) is 28.7 Å². The van der Waals surface area contributed by atoms with Gasteiger partial charge in [-0.25, -0.2) is 0 Å². The van der Waals surface area contributed by atoms with Crippen LogP contribution in [0.1, 0.15) is 77.9 Å². The van der Waals surface area contributed by atoms with Crippen LogP contribution in [0.5, 0.6) is 0 Å². The molecule has 3 aliphatic rings. The minimum absolute atomic E-state index is 0.103. The third kappa shape index (κ3) is 6.38. The molecular formula is C36H51N3O7. The fraction of sp³-hybridized carbons (Fsp3) is 0.611. The predicted molar refractivity (Wildman–Crippen MR) is 174 cm³/mol. The molecule has 3 amide bonds. The Balaban J connectivity index is 1.69. The van der Waals surface area contributed by atoms with Gasteiger partial charge in [-0.2, -0.15) is 0 Å². The van der Waals surface area contributed by atoms with Gasteiger partial charge in [0.25, 0.3) is 0 Å². The largest absolute Gasteiger partial charge is 0.455 e. The Morgan fingerprint density at radius 1 is 1.17 bits per heavy atom. The van der Waals surface area contributed by atoms with Crippen LogP contribution in [0.15, 0.2) is 55.6 Å². The van der Waals surface area contributed by atoms with E-state index in [0.29, 0.717) is 25.8 Å². The lowest BCUT2D eigenvalue weighted by Gasteiger charge is -2.40. The standard InChI is InChI=1S/C36H51N3O7/c1-8-11-18-28(41)37(7)25(6)31(26-16-13-12-14-17-26)45-35(44)29-27-19-20-36(46-27)30(29)33(42)39(24(5)22-40)32(36)34(43)38(21-10-3)23(4)15-9-2/h8,10,12-14,16-17,23-25,27,29-32,40H,1,3,9,11,15,18-22H2,2,4-7H3/t23?,24-,25-,27-,29+,30+,31+,32-,36+/m1/s1. The maximum absolute atomic E-state index is 14.5. The van der Waals surface area contributed by atoms with Gasteiger partial charge in [0, 0.05) is 26.1 Å². The van der Waals surface area contributed by atoms with E-state index in [9.17, 15) is 24.3 Å². The summed E-state index contributed by atoms with van der Waals surface area (Å²) in [4.78, 5) is 60.8. The number of hydrogen-bond donors (Lipinski definition) is 1. The second-order valence-electron chi connectivity index (χ2n) is 13.1. The van der Waals surface area contributed by atoms with Crippen LogP contribution in [0, 0.1) is 11.8 Å². The molecule has 252 valence electrons. The SMILES string of the molecule is C=CCCC(=O)N(C)[C@H](C)[C@H](OC(=O)[C@@H]1[C@H]2C(=O)N([C@H](C)CO)[C@H](C(=O)N(CC=C)C(C)CCC)[C@]23CC[C@H]1O3)c1ccccc1. The second-order valence-corrected chi connectivity index (χ2v) is 13.1. The Morgan fingerprint density at radius 3 is 2.48 bits per heavy atom. The third-order valence-electron chi connectivity index (χ3n) is 10.2. The highest BCUT2D eigenvalue weighted by molar-refractivity contribution is 5.98. The fourth-order valence-corrected chi connectivity index (χ4v) is 7.68. The van der Waals surface area contributed by atoms with E-state index in [2.05, 4.69) is 20.1 Å². The first kappa shape index (κ1) is 35.4. The first-order chi connectivity index (χ1) is 22.0. The quantitative estimate of drug-likeness (QED) is 0.215. The number of aliphatic hydroxyl groups excluding tert-OH is 1. The third-order valence-corrected chi connectivity index (χ3v) is 10.2. The molecule has 3 fully saturated rings. The number of carbonyl (C=O) groups excluding carboxylic acids is 4. The molecule has 0 aromatic heterocycles. The molecule has 9 atom stereocenters. The smallest absolute Gasteiger partial charge is 0.313 e. The first-order valence-electron chi connectivity index (χ1n) is 16.6. The van der Waals surface area contributed by atoms with E-state index >= 15 is 0 Å². The summed E-state index contributed by atoms with van der Waals surface area (Å²) < 4.78 is 12.9. The topological polar surface area (TPSA) is 117 Å². The van der Waals surface area contributed by atoms with Crippen molar-refractivity contribution in [2.75, 3.05) is 20.2 Å². The van der Waals surface area contributed by atoms with E-state index in [0.717, 1.165) is 18.4 Å². The van der Waals surface area contributed by atoms with Crippen molar-refractivity contribution in [3.63, 3.8) is 0 Å². The molecule has 46 heavy (non-hydrogen) atoms. The average Bonchev–Trinajstić information content (AvgIpc) is 3.71. The molecule has 10 nitrogen and oxygen atoms in total. The number of allylic oxidation sites excluding steroid dienone is 1. The van der Waals surface area contributed by atoms with Crippen molar-refractivity contribution in [1.29, 1.82) is 0 Å². The number of rotatable bonds is 16. The molecule has 1 aromatic rings. The summed E-state index contributed by atoms with van der Waals surface area (Å²) in [6, 6.07) is 6.97. The average molecular weight is 638 g/mol. The van der Waals surface area contributed by atoms with Gasteiger partial charge in [-0.05, 0) is 52.0 Å². The van der Waals surface area contributed by atoms with E-state index in [1.165, 1.54) is 4.90 Å². The van der Waals surface area contributed by atoms with Crippen molar-refractivity contribution in [2.24, 2.45) is 11.8 Å². The van der Waals surface area contributed by atoms with Crippen molar-refractivity contribution in [3.8, 4) is 0 Å². The zero-order valence-electron chi connectivity index (χ0n) is 28.0. The van der Waals surface area contributed by atoms with Crippen LogP contribution in [0.2, 0.25) is 0 Å². The monoisotopic (exact) mass is 637 g/mol. The molecule has 1 N–H and O–H groups in total. The van der Waals surface area contributed by atoms with Gasteiger partial charge in [-0.15, -0.1) is 13.2 Å². The highest BCUT2D eigenvalue weighted by Crippen LogP contribution is 2.59. The van der Waals surface area contributed by atoms with E-state index in [1.807, 2.05) is 44.2 Å². The van der Waals surface area contributed by atoms with Gasteiger partial charge < -0.3 is 29.3 Å². The lowest BCUT2D eigenvalue weighted by atomic mass is 9.70. The number of esters is 1. The summed E-state index contributed by atoms with van der Waals surface area (Å²) in [6.07, 6.45) is 5.35. The molecule has 4 rings (SSSR count). The molecule has 0 saturated carbocycles. The van der Waals surface area contributed by atoms with Crippen molar-refractivity contribution < 1.29 is 33.8 Å². The number of benzene rings is 1. The Kier molecular flexibility index (Phi) is 11.5. The van der Waals surface area contributed by atoms with Crippen molar-refractivity contribution in [3.05, 3.63) is 61.2 Å².